The largest absolute Gasteiger partial charge is 0.329 e. The SMILES string of the molecule is CS(=O)(=O)c1ccc(F)cc1[C@@H](N)CN. The van der Waals surface area contributed by atoms with Crippen molar-refractivity contribution in [3.05, 3.63) is 29.6 Å². The molecule has 15 heavy (non-hydrogen) atoms. The number of nitrogens with two attached hydrogens (primary N) is 2. The second-order valence-corrected chi connectivity index (χ2v) is 5.28. The molecule has 1 aromatic rings. The van der Waals surface area contributed by atoms with Gasteiger partial charge in [0.15, 0.2) is 9.84 Å². The van der Waals surface area contributed by atoms with E-state index in [2.05, 4.69) is 0 Å². The Hall–Kier alpha value is -0.980. The van der Waals surface area contributed by atoms with Gasteiger partial charge < -0.3 is 11.5 Å². The molecule has 1 rings (SSSR count). The number of benzene rings is 1. The van der Waals surface area contributed by atoms with Crippen LogP contribution in [0.2, 0.25) is 0 Å². The first kappa shape index (κ1) is 12.1. The first-order valence-corrected chi connectivity index (χ1v) is 6.20. The van der Waals surface area contributed by atoms with Crippen LogP contribution in [0.25, 0.3) is 0 Å². The third-order valence-electron chi connectivity index (χ3n) is 2.02. The summed E-state index contributed by atoms with van der Waals surface area (Å²) in [6.07, 6.45) is 1.05. The molecule has 0 fully saturated rings. The minimum absolute atomic E-state index is 0.0295. The molecule has 0 saturated carbocycles. The summed E-state index contributed by atoms with van der Waals surface area (Å²) in [5.41, 5.74) is 11.2. The molecule has 1 aromatic carbocycles. The highest BCUT2D eigenvalue weighted by Crippen LogP contribution is 2.21. The second kappa shape index (κ2) is 4.26. The van der Waals surface area contributed by atoms with Crippen LogP contribution in [-0.2, 0) is 9.84 Å². The van der Waals surface area contributed by atoms with Crippen LogP contribution in [0.15, 0.2) is 23.1 Å². The van der Waals surface area contributed by atoms with Crippen molar-refractivity contribution < 1.29 is 12.8 Å². The van der Waals surface area contributed by atoms with E-state index < -0.39 is 21.7 Å². The molecule has 0 bridgehead atoms. The molecule has 0 unspecified atom stereocenters. The van der Waals surface area contributed by atoms with Gasteiger partial charge in [-0.2, -0.15) is 0 Å². The van der Waals surface area contributed by atoms with Gasteiger partial charge in [0.1, 0.15) is 5.82 Å². The molecule has 0 aliphatic carbocycles. The first-order valence-electron chi connectivity index (χ1n) is 4.31. The molecule has 0 saturated heterocycles. The quantitative estimate of drug-likeness (QED) is 0.728. The maximum atomic E-state index is 12.9. The standard InChI is InChI=1S/C9H13FN2O2S/c1-15(13,14)9-3-2-6(10)4-7(9)8(12)5-11/h2-4,8H,5,11-12H2,1H3/t8-/m0/s1. The lowest BCUT2D eigenvalue weighted by Crippen LogP contribution is -2.23. The molecule has 0 amide bonds. The van der Waals surface area contributed by atoms with Crippen molar-refractivity contribution in [1.82, 2.24) is 0 Å². The smallest absolute Gasteiger partial charge is 0.175 e. The second-order valence-electron chi connectivity index (χ2n) is 3.30. The number of hydrogen-bond donors (Lipinski definition) is 2. The zero-order valence-electron chi connectivity index (χ0n) is 8.27. The minimum atomic E-state index is -3.41. The van der Waals surface area contributed by atoms with Crippen molar-refractivity contribution in [2.24, 2.45) is 11.5 Å². The normalized spacial score (nSPS) is 13.9. The Bertz CT molecular complexity index is 459. The molecule has 0 heterocycles. The highest BCUT2D eigenvalue weighted by atomic mass is 32.2. The van der Waals surface area contributed by atoms with E-state index in [1.54, 1.807) is 0 Å². The summed E-state index contributed by atoms with van der Waals surface area (Å²) >= 11 is 0. The molecule has 0 aliphatic rings. The van der Waals surface area contributed by atoms with Gasteiger partial charge in [0.25, 0.3) is 0 Å². The lowest BCUT2D eigenvalue weighted by atomic mass is 10.1. The zero-order valence-corrected chi connectivity index (χ0v) is 9.09. The summed E-state index contributed by atoms with van der Waals surface area (Å²) in [5.74, 6) is -0.527. The van der Waals surface area contributed by atoms with Gasteiger partial charge in [-0.15, -0.1) is 0 Å². The van der Waals surface area contributed by atoms with E-state index in [0.717, 1.165) is 18.4 Å². The van der Waals surface area contributed by atoms with Gasteiger partial charge in [0.05, 0.1) is 4.90 Å². The summed E-state index contributed by atoms with van der Waals surface area (Å²) in [4.78, 5) is 0.0295. The predicted molar refractivity (Wildman–Crippen MR) is 55.5 cm³/mol. The third kappa shape index (κ3) is 2.74. The van der Waals surface area contributed by atoms with E-state index in [1.165, 1.54) is 6.07 Å². The van der Waals surface area contributed by atoms with Crippen LogP contribution in [0.5, 0.6) is 0 Å². The van der Waals surface area contributed by atoms with Gasteiger partial charge in [-0.05, 0) is 23.8 Å². The lowest BCUT2D eigenvalue weighted by Gasteiger charge is -2.13. The first-order chi connectivity index (χ1) is 6.86. The summed E-state index contributed by atoms with van der Waals surface area (Å²) in [6.45, 7) is 0.0615. The average molecular weight is 232 g/mol. The van der Waals surface area contributed by atoms with Crippen molar-refractivity contribution in [3.8, 4) is 0 Å². The van der Waals surface area contributed by atoms with E-state index in [1.807, 2.05) is 0 Å². The third-order valence-corrected chi connectivity index (χ3v) is 3.20. The topological polar surface area (TPSA) is 86.2 Å². The number of hydrogen-bond acceptors (Lipinski definition) is 4. The number of sulfone groups is 1. The Balaban J connectivity index is 3.40. The fourth-order valence-electron chi connectivity index (χ4n) is 1.27. The van der Waals surface area contributed by atoms with Crippen LogP contribution in [-0.4, -0.2) is 21.2 Å². The van der Waals surface area contributed by atoms with Crippen LogP contribution in [0.4, 0.5) is 4.39 Å². The van der Waals surface area contributed by atoms with E-state index in [4.69, 9.17) is 11.5 Å². The van der Waals surface area contributed by atoms with Gasteiger partial charge >= 0.3 is 0 Å². The van der Waals surface area contributed by atoms with Crippen molar-refractivity contribution in [1.29, 1.82) is 0 Å². The van der Waals surface area contributed by atoms with Gasteiger partial charge in [-0.3, -0.25) is 0 Å². The van der Waals surface area contributed by atoms with Crippen molar-refractivity contribution in [2.45, 2.75) is 10.9 Å². The molecule has 0 aromatic heterocycles. The number of halogens is 1. The Kier molecular flexibility index (Phi) is 3.43. The van der Waals surface area contributed by atoms with Gasteiger partial charge in [-0.1, -0.05) is 0 Å². The fraction of sp³-hybridized carbons (Fsp3) is 0.333. The fourth-order valence-corrected chi connectivity index (χ4v) is 2.23. The van der Waals surface area contributed by atoms with E-state index in [0.29, 0.717) is 0 Å². The van der Waals surface area contributed by atoms with Gasteiger partial charge in [0.2, 0.25) is 0 Å². The minimum Gasteiger partial charge on any atom is -0.329 e. The molecule has 0 spiro atoms. The predicted octanol–water partition coefficient (Wildman–Crippen LogP) is 0.188. The van der Waals surface area contributed by atoms with Crippen LogP contribution in [0.1, 0.15) is 11.6 Å². The summed E-state index contributed by atoms with van der Waals surface area (Å²) < 4.78 is 35.7. The molecule has 1 atom stereocenters. The van der Waals surface area contributed by atoms with Crippen LogP contribution in [0, 0.1) is 5.82 Å². The van der Waals surface area contributed by atoms with E-state index >= 15 is 0 Å². The van der Waals surface area contributed by atoms with Gasteiger partial charge in [0, 0.05) is 18.8 Å². The monoisotopic (exact) mass is 232 g/mol. The lowest BCUT2D eigenvalue weighted by molar-refractivity contribution is 0.593. The highest BCUT2D eigenvalue weighted by molar-refractivity contribution is 7.90. The van der Waals surface area contributed by atoms with Crippen molar-refractivity contribution in [2.75, 3.05) is 12.8 Å². The Labute approximate surface area is 88.0 Å². The van der Waals surface area contributed by atoms with Crippen molar-refractivity contribution >= 4 is 9.84 Å². The molecule has 4 N–H and O–H groups in total. The molecule has 6 heteroatoms. The average Bonchev–Trinajstić information content (AvgIpc) is 2.14. The maximum Gasteiger partial charge on any atom is 0.175 e. The molecule has 4 nitrogen and oxygen atoms in total. The van der Waals surface area contributed by atoms with Crippen LogP contribution >= 0.6 is 0 Å². The molecule has 0 radical (unpaired) electrons. The van der Waals surface area contributed by atoms with E-state index in [9.17, 15) is 12.8 Å². The van der Waals surface area contributed by atoms with Crippen molar-refractivity contribution in [3.63, 3.8) is 0 Å². The van der Waals surface area contributed by atoms with Gasteiger partial charge in [-0.25, -0.2) is 12.8 Å². The molecule has 0 aliphatic heterocycles. The Morgan fingerprint density at radius 2 is 2.07 bits per heavy atom. The molecule has 84 valence electrons. The molecular weight excluding hydrogens is 219 g/mol. The summed E-state index contributed by atoms with van der Waals surface area (Å²) in [6, 6.07) is 2.72. The Morgan fingerprint density at radius 1 is 1.47 bits per heavy atom. The summed E-state index contributed by atoms with van der Waals surface area (Å²) in [7, 11) is -3.41. The van der Waals surface area contributed by atoms with Crippen LogP contribution in [0.3, 0.4) is 0 Å². The van der Waals surface area contributed by atoms with Crippen LogP contribution < -0.4 is 11.5 Å². The zero-order chi connectivity index (χ0) is 11.6. The number of rotatable bonds is 3. The molecular formula is C9H13FN2O2S. The van der Waals surface area contributed by atoms with E-state index in [-0.39, 0.29) is 17.0 Å². The Morgan fingerprint density at radius 3 is 2.53 bits per heavy atom. The highest BCUT2D eigenvalue weighted by Gasteiger charge is 2.17. The maximum absolute atomic E-state index is 12.9. The summed E-state index contributed by atoms with van der Waals surface area (Å²) in [5, 5.41) is 0.